The highest BCUT2D eigenvalue weighted by Crippen LogP contribution is 2.31. The molecule has 0 N–H and O–H groups in total. The van der Waals surface area contributed by atoms with E-state index < -0.39 is 0 Å². The van der Waals surface area contributed by atoms with Crippen LogP contribution in [0, 0.1) is 19.8 Å². The second kappa shape index (κ2) is 10.6. The molecule has 0 spiro atoms. The lowest BCUT2D eigenvalue weighted by Gasteiger charge is -2.13. The molecule has 5 nitrogen and oxygen atoms in total. The largest absolute Gasteiger partial charge is 0.494 e. The Morgan fingerprint density at radius 1 is 0.971 bits per heavy atom. The van der Waals surface area contributed by atoms with Gasteiger partial charge in [-0.15, -0.1) is 0 Å². The molecule has 0 radical (unpaired) electrons. The summed E-state index contributed by atoms with van der Waals surface area (Å²) < 4.78 is 13.1. The molecule has 0 saturated heterocycles. The van der Waals surface area contributed by atoms with Crippen LogP contribution in [0.4, 0.5) is 0 Å². The average molecular weight is 457 g/mol. The van der Waals surface area contributed by atoms with Gasteiger partial charge in [-0.3, -0.25) is 9.36 Å². The van der Waals surface area contributed by atoms with Crippen LogP contribution >= 0.6 is 0 Å². The minimum absolute atomic E-state index is 0.0786. The highest BCUT2D eigenvalue weighted by molar-refractivity contribution is 5.84. The van der Waals surface area contributed by atoms with Gasteiger partial charge in [-0.25, -0.2) is 4.98 Å². The first-order valence-corrected chi connectivity index (χ1v) is 11.8. The summed E-state index contributed by atoms with van der Waals surface area (Å²) in [6.45, 7) is 6.76. The molecule has 5 heteroatoms. The van der Waals surface area contributed by atoms with E-state index >= 15 is 0 Å². The Morgan fingerprint density at radius 2 is 1.76 bits per heavy atom. The van der Waals surface area contributed by atoms with E-state index in [9.17, 15) is 4.79 Å². The average Bonchev–Trinajstić information content (AvgIpc) is 3.24. The summed E-state index contributed by atoms with van der Waals surface area (Å²) in [5.41, 5.74) is 6.60. The van der Waals surface area contributed by atoms with E-state index in [-0.39, 0.29) is 11.9 Å². The van der Waals surface area contributed by atoms with Gasteiger partial charge in [-0.2, -0.15) is 0 Å². The Labute approximate surface area is 201 Å². The SMILES string of the molecule is COC(=O)C(C)CCCCOc1ccc2nc(-c3ccccc3)n(-c3ccc(C)c(C)c3)c2c1. The van der Waals surface area contributed by atoms with Crippen molar-refractivity contribution in [1.29, 1.82) is 0 Å². The van der Waals surface area contributed by atoms with Crippen LogP contribution in [0.1, 0.15) is 37.3 Å². The number of methoxy groups -OCH3 is 1. The summed E-state index contributed by atoms with van der Waals surface area (Å²) >= 11 is 0. The molecular formula is C29H32N2O3. The maximum Gasteiger partial charge on any atom is 0.308 e. The fourth-order valence-electron chi connectivity index (χ4n) is 4.11. The summed E-state index contributed by atoms with van der Waals surface area (Å²) in [6, 6.07) is 22.8. The minimum atomic E-state index is -0.153. The van der Waals surface area contributed by atoms with E-state index in [2.05, 4.69) is 54.8 Å². The van der Waals surface area contributed by atoms with Gasteiger partial charge < -0.3 is 9.47 Å². The van der Waals surface area contributed by atoms with Crippen molar-refractivity contribution in [3.05, 3.63) is 77.9 Å². The summed E-state index contributed by atoms with van der Waals surface area (Å²) in [5, 5.41) is 0. The van der Waals surface area contributed by atoms with Crippen LogP contribution in [0.15, 0.2) is 66.7 Å². The summed E-state index contributed by atoms with van der Waals surface area (Å²) in [7, 11) is 1.43. The van der Waals surface area contributed by atoms with Crippen LogP contribution in [0.2, 0.25) is 0 Å². The van der Waals surface area contributed by atoms with Crippen molar-refractivity contribution in [2.45, 2.75) is 40.0 Å². The topological polar surface area (TPSA) is 53.4 Å². The zero-order valence-corrected chi connectivity index (χ0v) is 20.4. The number of imidazole rings is 1. The van der Waals surface area contributed by atoms with Gasteiger partial charge in [0.05, 0.1) is 30.7 Å². The lowest BCUT2D eigenvalue weighted by molar-refractivity contribution is -0.145. The number of esters is 1. The lowest BCUT2D eigenvalue weighted by atomic mass is 10.0. The van der Waals surface area contributed by atoms with Gasteiger partial charge in [-0.05, 0) is 68.5 Å². The van der Waals surface area contributed by atoms with Gasteiger partial charge in [-0.1, -0.05) is 43.3 Å². The molecule has 1 unspecified atom stereocenters. The van der Waals surface area contributed by atoms with Crippen molar-refractivity contribution in [3.8, 4) is 22.8 Å². The number of carbonyl (C=O) groups is 1. The fraction of sp³-hybridized carbons (Fsp3) is 0.310. The van der Waals surface area contributed by atoms with E-state index in [1.54, 1.807) is 0 Å². The number of aryl methyl sites for hydroxylation is 2. The Kier molecular flexibility index (Phi) is 7.31. The van der Waals surface area contributed by atoms with E-state index in [0.29, 0.717) is 6.61 Å². The van der Waals surface area contributed by atoms with Gasteiger partial charge in [0.1, 0.15) is 11.6 Å². The zero-order chi connectivity index (χ0) is 24.1. The molecule has 0 aliphatic carbocycles. The summed E-state index contributed by atoms with van der Waals surface area (Å²) in [6.07, 6.45) is 2.59. The molecule has 4 rings (SSSR count). The smallest absolute Gasteiger partial charge is 0.308 e. The number of rotatable bonds is 9. The van der Waals surface area contributed by atoms with Crippen molar-refractivity contribution < 1.29 is 14.3 Å². The molecule has 4 aromatic rings. The maximum atomic E-state index is 11.6. The van der Waals surface area contributed by atoms with Crippen LogP contribution in [-0.4, -0.2) is 29.2 Å². The van der Waals surface area contributed by atoms with Crippen LogP contribution in [0.25, 0.3) is 28.1 Å². The molecule has 1 heterocycles. The molecule has 176 valence electrons. The molecule has 0 fully saturated rings. The van der Waals surface area contributed by atoms with Crippen molar-refractivity contribution in [1.82, 2.24) is 9.55 Å². The van der Waals surface area contributed by atoms with E-state index in [4.69, 9.17) is 14.5 Å². The third-order valence-electron chi connectivity index (χ3n) is 6.31. The Morgan fingerprint density at radius 3 is 2.50 bits per heavy atom. The third-order valence-corrected chi connectivity index (χ3v) is 6.31. The predicted molar refractivity (Wildman–Crippen MR) is 137 cm³/mol. The number of ether oxygens (including phenoxy) is 2. The highest BCUT2D eigenvalue weighted by Gasteiger charge is 2.16. The first-order chi connectivity index (χ1) is 16.5. The Hall–Kier alpha value is -3.60. The molecule has 0 saturated carbocycles. The molecule has 3 aromatic carbocycles. The van der Waals surface area contributed by atoms with Crippen molar-refractivity contribution >= 4 is 17.0 Å². The minimum Gasteiger partial charge on any atom is -0.494 e. The number of unbranched alkanes of at least 4 members (excludes halogenated alkanes) is 1. The highest BCUT2D eigenvalue weighted by atomic mass is 16.5. The van der Waals surface area contributed by atoms with Gasteiger partial charge in [0.15, 0.2) is 0 Å². The summed E-state index contributed by atoms with van der Waals surface area (Å²) in [4.78, 5) is 16.5. The van der Waals surface area contributed by atoms with Crippen molar-refractivity contribution in [3.63, 3.8) is 0 Å². The first-order valence-electron chi connectivity index (χ1n) is 11.8. The second-order valence-electron chi connectivity index (χ2n) is 8.82. The number of benzene rings is 3. The van der Waals surface area contributed by atoms with Crippen molar-refractivity contribution in [2.75, 3.05) is 13.7 Å². The van der Waals surface area contributed by atoms with Gasteiger partial charge in [0.2, 0.25) is 0 Å². The van der Waals surface area contributed by atoms with Crippen molar-refractivity contribution in [2.24, 2.45) is 5.92 Å². The second-order valence-corrected chi connectivity index (χ2v) is 8.82. The third kappa shape index (κ3) is 5.14. The van der Waals surface area contributed by atoms with Crippen LogP contribution in [0.5, 0.6) is 5.75 Å². The normalized spacial score (nSPS) is 12.0. The van der Waals surface area contributed by atoms with Crippen LogP contribution in [0.3, 0.4) is 0 Å². The van der Waals surface area contributed by atoms with Gasteiger partial charge in [0, 0.05) is 17.3 Å². The molecule has 0 aliphatic heterocycles. The lowest BCUT2D eigenvalue weighted by Crippen LogP contribution is -2.12. The quantitative estimate of drug-likeness (QED) is 0.209. The van der Waals surface area contributed by atoms with Crippen LogP contribution in [-0.2, 0) is 9.53 Å². The standard InChI is InChI=1S/C29H32N2O3/c1-20-13-14-24(18-22(20)3)31-27-19-25(34-17-9-8-10-21(2)29(32)33-4)15-16-26(27)30-28(31)23-11-6-5-7-12-23/h5-7,11-16,18-19,21H,8-10,17H2,1-4H3. The van der Waals surface area contributed by atoms with E-state index in [0.717, 1.165) is 53.1 Å². The molecule has 1 atom stereocenters. The number of nitrogens with zero attached hydrogens (tertiary/aromatic N) is 2. The number of fused-ring (bicyclic) bond motifs is 1. The number of hydrogen-bond acceptors (Lipinski definition) is 4. The van der Waals surface area contributed by atoms with Gasteiger partial charge in [0.25, 0.3) is 0 Å². The number of hydrogen-bond donors (Lipinski definition) is 0. The van der Waals surface area contributed by atoms with E-state index in [1.165, 1.54) is 18.2 Å². The maximum absolute atomic E-state index is 11.6. The van der Waals surface area contributed by atoms with Gasteiger partial charge >= 0.3 is 5.97 Å². The monoisotopic (exact) mass is 456 g/mol. The first kappa shape index (κ1) is 23.6. The number of carbonyl (C=O) groups excluding carboxylic acids is 1. The molecular weight excluding hydrogens is 424 g/mol. The Balaban J connectivity index is 1.60. The molecule has 0 aliphatic rings. The molecule has 1 aromatic heterocycles. The molecule has 0 bridgehead atoms. The zero-order valence-electron chi connectivity index (χ0n) is 20.4. The van der Waals surface area contributed by atoms with E-state index in [1.807, 2.05) is 37.3 Å². The van der Waals surface area contributed by atoms with Crippen LogP contribution < -0.4 is 4.74 Å². The summed E-state index contributed by atoms with van der Waals surface area (Å²) in [5.74, 6) is 1.50. The Bertz CT molecular complexity index is 1280. The predicted octanol–water partition coefficient (Wildman–Crippen LogP) is 6.67. The molecule has 0 amide bonds. The molecule has 34 heavy (non-hydrogen) atoms. The number of aromatic nitrogens is 2. The fourth-order valence-corrected chi connectivity index (χ4v) is 4.11.